The first-order valence-electron chi connectivity index (χ1n) is 10.4. The Bertz CT molecular complexity index is 646. The fourth-order valence-corrected chi connectivity index (χ4v) is 4.03. The highest BCUT2D eigenvalue weighted by molar-refractivity contribution is 6.01. The number of fused-ring (bicyclic) bond motifs is 1. The first kappa shape index (κ1) is 19.9. The molecule has 2 aliphatic rings. The van der Waals surface area contributed by atoms with Gasteiger partial charge in [0, 0.05) is 12.1 Å². The van der Waals surface area contributed by atoms with Crippen LogP contribution in [0.1, 0.15) is 64.4 Å². The average Bonchev–Trinajstić information content (AvgIpc) is 2.96. The van der Waals surface area contributed by atoms with Crippen molar-refractivity contribution in [3.05, 3.63) is 5.56 Å². The summed E-state index contributed by atoms with van der Waals surface area (Å²) >= 11 is 0. The smallest absolute Gasteiger partial charge is 0.320 e. The number of nitrogens with two attached hydrogens (primary N) is 1. The summed E-state index contributed by atoms with van der Waals surface area (Å²) in [5, 5.41) is 3.46. The number of nitrogens with one attached hydrogen (secondary N) is 1. The number of carbonyl (C=O) groups excluding carboxylic acids is 1. The molecule has 2 aliphatic heterocycles. The minimum absolute atomic E-state index is 0.0297. The van der Waals surface area contributed by atoms with Gasteiger partial charge >= 0.3 is 6.01 Å². The van der Waals surface area contributed by atoms with E-state index in [9.17, 15) is 4.79 Å². The molecule has 7 heteroatoms. The van der Waals surface area contributed by atoms with E-state index in [0.29, 0.717) is 24.6 Å². The summed E-state index contributed by atoms with van der Waals surface area (Å²) in [5.74, 6) is 1.84. The lowest BCUT2D eigenvalue weighted by Crippen LogP contribution is -2.30. The molecule has 0 bridgehead atoms. The number of unbranched alkanes of at least 4 members (excludes halogenated alkanes) is 1. The van der Waals surface area contributed by atoms with Gasteiger partial charge in [0.25, 0.3) is 0 Å². The van der Waals surface area contributed by atoms with Crippen molar-refractivity contribution in [3.8, 4) is 6.01 Å². The Labute approximate surface area is 162 Å². The SMILES string of the molecule is CCC[C@H](C)Oc1nc(N)c2c(n1)N(CCCCC1CCCNC1)C(=O)C2. The molecule has 1 amide bonds. The minimum atomic E-state index is 0.0297. The van der Waals surface area contributed by atoms with Crippen molar-refractivity contribution in [2.45, 2.75) is 71.3 Å². The van der Waals surface area contributed by atoms with Crippen molar-refractivity contribution >= 4 is 17.5 Å². The lowest BCUT2D eigenvalue weighted by molar-refractivity contribution is -0.117. The molecule has 0 radical (unpaired) electrons. The molecule has 1 fully saturated rings. The van der Waals surface area contributed by atoms with E-state index in [1.54, 1.807) is 4.90 Å². The molecule has 27 heavy (non-hydrogen) atoms. The zero-order valence-corrected chi connectivity index (χ0v) is 16.7. The molecular formula is C20H33N5O2. The molecule has 150 valence electrons. The van der Waals surface area contributed by atoms with Gasteiger partial charge in [0.1, 0.15) is 11.6 Å². The molecule has 2 atom stereocenters. The topological polar surface area (TPSA) is 93.4 Å². The van der Waals surface area contributed by atoms with Gasteiger partial charge in [0.15, 0.2) is 0 Å². The number of anilines is 2. The van der Waals surface area contributed by atoms with Crippen LogP contribution in [0, 0.1) is 5.92 Å². The van der Waals surface area contributed by atoms with Crippen molar-refractivity contribution < 1.29 is 9.53 Å². The van der Waals surface area contributed by atoms with E-state index in [0.717, 1.165) is 50.3 Å². The van der Waals surface area contributed by atoms with E-state index in [1.165, 1.54) is 19.3 Å². The molecule has 1 aromatic rings. The van der Waals surface area contributed by atoms with Crippen molar-refractivity contribution in [3.63, 3.8) is 0 Å². The van der Waals surface area contributed by atoms with Gasteiger partial charge in [-0.15, -0.1) is 0 Å². The van der Waals surface area contributed by atoms with Crippen LogP contribution in [0.5, 0.6) is 6.01 Å². The Kier molecular flexibility index (Phi) is 6.88. The molecule has 0 saturated carbocycles. The summed E-state index contributed by atoms with van der Waals surface area (Å²) in [6.45, 7) is 7.08. The van der Waals surface area contributed by atoms with Crippen molar-refractivity contribution in [1.82, 2.24) is 15.3 Å². The Morgan fingerprint density at radius 3 is 2.96 bits per heavy atom. The average molecular weight is 376 g/mol. The number of nitrogen functional groups attached to an aromatic ring is 1. The van der Waals surface area contributed by atoms with E-state index in [-0.39, 0.29) is 18.0 Å². The molecule has 3 heterocycles. The third-order valence-corrected chi connectivity index (χ3v) is 5.53. The van der Waals surface area contributed by atoms with Crippen LogP contribution in [0.25, 0.3) is 0 Å². The number of amides is 1. The third kappa shape index (κ3) is 5.09. The lowest BCUT2D eigenvalue weighted by Gasteiger charge is -2.23. The van der Waals surface area contributed by atoms with Crippen LogP contribution < -0.4 is 20.7 Å². The monoisotopic (exact) mass is 375 g/mol. The number of nitrogens with zero attached hydrogens (tertiary/aromatic N) is 3. The normalized spacial score (nSPS) is 20.6. The van der Waals surface area contributed by atoms with Crippen LogP contribution in [0.4, 0.5) is 11.6 Å². The van der Waals surface area contributed by atoms with Crippen LogP contribution in [0.3, 0.4) is 0 Å². The van der Waals surface area contributed by atoms with E-state index >= 15 is 0 Å². The van der Waals surface area contributed by atoms with Gasteiger partial charge in [-0.3, -0.25) is 9.69 Å². The van der Waals surface area contributed by atoms with E-state index < -0.39 is 0 Å². The second kappa shape index (κ2) is 9.35. The van der Waals surface area contributed by atoms with Gasteiger partial charge in [-0.05, 0) is 58.0 Å². The number of hydrogen-bond acceptors (Lipinski definition) is 6. The maximum Gasteiger partial charge on any atom is 0.320 e. The Hall–Kier alpha value is -1.89. The highest BCUT2D eigenvalue weighted by Crippen LogP contribution is 2.32. The predicted molar refractivity (Wildman–Crippen MR) is 107 cm³/mol. The number of rotatable bonds is 9. The van der Waals surface area contributed by atoms with Gasteiger partial charge in [-0.2, -0.15) is 9.97 Å². The Balaban J connectivity index is 1.59. The first-order chi connectivity index (χ1) is 13.1. The third-order valence-electron chi connectivity index (χ3n) is 5.53. The van der Waals surface area contributed by atoms with Crippen molar-refractivity contribution in [2.75, 3.05) is 30.3 Å². The van der Waals surface area contributed by atoms with Gasteiger partial charge in [-0.25, -0.2) is 0 Å². The van der Waals surface area contributed by atoms with Crippen LogP contribution in [0.2, 0.25) is 0 Å². The predicted octanol–water partition coefficient (Wildman–Crippen LogP) is 2.69. The highest BCUT2D eigenvalue weighted by Gasteiger charge is 2.32. The van der Waals surface area contributed by atoms with Gasteiger partial charge < -0.3 is 15.8 Å². The molecule has 7 nitrogen and oxygen atoms in total. The maximum atomic E-state index is 12.5. The molecule has 1 saturated heterocycles. The summed E-state index contributed by atoms with van der Waals surface area (Å²) in [6, 6.07) is 0.278. The lowest BCUT2D eigenvalue weighted by atomic mass is 9.94. The van der Waals surface area contributed by atoms with Crippen LogP contribution in [0.15, 0.2) is 0 Å². The second-order valence-corrected chi connectivity index (χ2v) is 7.84. The summed E-state index contributed by atoms with van der Waals surface area (Å²) in [7, 11) is 0. The fourth-order valence-electron chi connectivity index (χ4n) is 4.03. The molecule has 0 aromatic carbocycles. The van der Waals surface area contributed by atoms with Crippen LogP contribution in [-0.2, 0) is 11.2 Å². The molecule has 1 unspecified atom stereocenters. The maximum absolute atomic E-state index is 12.5. The zero-order valence-electron chi connectivity index (χ0n) is 16.7. The summed E-state index contributed by atoms with van der Waals surface area (Å²) in [4.78, 5) is 23.0. The summed E-state index contributed by atoms with van der Waals surface area (Å²) in [6.07, 6.45) is 8.20. The van der Waals surface area contributed by atoms with Gasteiger partial charge in [0.05, 0.1) is 12.5 Å². The number of hydrogen-bond donors (Lipinski definition) is 2. The molecular weight excluding hydrogens is 342 g/mol. The van der Waals surface area contributed by atoms with Crippen LogP contribution >= 0.6 is 0 Å². The van der Waals surface area contributed by atoms with Gasteiger partial charge in [-0.1, -0.05) is 19.8 Å². The van der Waals surface area contributed by atoms with Gasteiger partial charge in [0.2, 0.25) is 5.91 Å². The van der Waals surface area contributed by atoms with Crippen LogP contribution in [-0.4, -0.2) is 41.6 Å². The number of ether oxygens (including phenoxy) is 1. The number of carbonyl (C=O) groups is 1. The molecule has 3 rings (SSSR count). The molecule has 1 aromatic heterocycles. The first-order valence-corrected chi connectivity index (χ1v) is 10.4. The highest BCUT2D eigenvalue weighted by atomic mass is 16.5. The van der Waals surface area contributed by atoms with E-state index in [1.807, 2.05) is 6.92 Å². The Morgan fingerprint density at radius 2 is 2.22 bits per heavy atom. The fraction of sp³-hybridized carbons (Fsp3) is 0.750. The summed E-state index contributed by atoms with van der Waals surface area (Å²) < 4.78 is 5.80. The largest absolute Gasteiger partial charge is 0.460 e. The van der Waals surface area contributed by atoms with Crippen molar-refractivity contribution in [2.24, 2.45) is 5.92 Å². The molecule has 0 spiro atoms. The quantitative estimate of drug-likeness (QED) is 0.645. The molecule has 3 N–H and O–H groups in total. The van der Waals surface area contributed by atoms with E-state index in [2.05, 4.69) is 22.2 Å². The second-order valence-electron chi connectivity index (χ2n) is 7.84. The Morgan fingerprint density at radius 1 is 1.37 bits per heavy atom. The number of piperidine rings is 1. The summed E-state index contributed by atoms with van der Waals surface area (Å²) in [5.41, 5.74) is 6.82. The van der Waals surface area contributed by atoms with Crippen molar-refractivity contribution in [1.29, 1.82) is 0 Å². The van der Waals surface area contributed by atoms with E-state index in [4.69, 9.17) is 10.5 Å². The molecule has 0 aliphatic carbocycles. The standard InChI is InChI=1S/C20H33N5O2/c1-3-7-14(2)27-20-23-18(21)16-12-17(26)25(19(16)24-20)11-5-4-8-15-9-6-10-22-13-15/h14-15,22H,3-13H2,1-2H3,(H2,21,23,24)/t14-,15?/m0/s1. The number of aromatic nitrogens is 2. The minimum Gasteiger partial charge on any atom is -0.460 e. The zero-order chi connectivity index (χ0) is 19.2.